The van der Waals surface area contributed by atoms with Crippen LogP contribution in [0.25, 0.3) is 0 Å². The molecule has 6 nitrogen and oxygen atoms in total. The molecule has 2 aromatic rings. The van der Waals surface area contributed by atoms with Crippen LogP contribution >= 0.6 is 24.0 Å². The van der Waals surface area contributed by atoms with E-state index in [1.807, 2.05) is 29.9 Å². The molecule has 3 rings (SSSR count). The Morgan fingerprint density at radius 1 is 1.35 bits per heavy atom. The van der Waals surface area contributed by atoms with E-state index in [0.717, 1.165) is 30.4 Å². The van der Waals surface area contributed by atoms with Gasteiger partial charge in [0.2, 0.25) is 0 Å². The van der Waals surface area contributed by atoms with Crippen molar-refractivity contribution >= 4 is 29.9 Å². The average Bonchev–Trinajstić information content (AvgIpc) is 2.97. The van der Waals surface area contributed by atoms with E-state index in [4.69, 9.17) is 9.73 Å². The maximum absolute atomic E-state index is 6.11. The van der Waals surface area contributed by atoms with Gasteiger partial charge in [-0.15, -0.1) is 24.0 Å². The molecule has 2 N–H and O–H groups in total. The van der Waals surface area contributed by atoms with Gasteiger partial charge in [0, 0.05) is 31.8 Å². The number of guanidine groups is 1. The van der Waals surface area contributed by atoms with Crippen LogP contribution in [0.2, 0.25) is 0 Å². The predicted molar refractivity (Wildman–Crippen MR) is 115 cm³/mol. The molecule has 0 fully saturated rings. The molecule has 26 heavy (non-hydrogen) atoms. The number of rotatable bonds is 4. The summed E-state index contributed by atoms with van der Waals surface area (Å²) < 4.78 is 7.96. The molecule has 1 aliphatic heterocycles. The first-order valence-electron chi connectivity index (χ1n) is 8.78. The third-order valence-electron chi connectivity index (χ3n) is 4.35. The number of hydrogen-bond donors (Lipinski definition) is 2. The van der Waals surface area contributed by atoms with E-state index in [-0.39, 0.29) is 35.6 Å². The number of benzene rings is 1. The molecule has 7 heteroatoms. The molecule has 0 amide bonds. The summed E-state index contributed by atoms with van der Waals surface area (Å²) in [6.07, 6.45) is 2.67. The second-order valence-corrected chi connectivity index (χ2v) is 6.94. The van der Waals surface area contributed by atoms with Crippen LogP contribution in [0.3, 0.4) is 0 Å². The summed E-state index contributed by atoms with van der Waals surface area (Å²) in [5, 5.41) is 11.1. The van der Waals surface area contributed by atoms with Crippen molar-refractivity contribution in [1.29, 1.82) is 0 Å². The molecule has 0 radical (unpaired) electrons. The van der Waals surface area contributed by atoms with Gasteiger partial charge in [-0.2, -0.15) is 5.10 Å². The quantitative estimate of drug-likeness (QED) is 0.410. The van der Waals surface area contributed by atoms with Crippen LogP contribution in [0.15, 0.2) is 41.5 Å². The van der Waals surface area contributed by atoms with Gasteiger partial charge in [0.25, 0.3) is 0 Å². The van der Waals surface area contributed by atoms with Crippen molar-refractivity contribution in [3.8, 4) is 5.75 Å². The Morgan fingerprint density at radius 3 is 2.81 bits per heavy atom. The van der Waals surface area contributed by atoms with Crippen molar-refractivity contribution in [2.75, 3.05) is 6.54 Å². The number of nitrogens with zero attached hydrogens (tertiary/aromatic N) is 3. The smallest absolute Gasteiger partial charge is 0.192 e. The van der Waals surface area contributed by atoms with Crippen molar-refractivity contribution < 1.29 is 4.74 Å². The monoisotopic (exact) mass is 469 g/mol. The first-order valence-corrected chi connectivity index (χ1v) is 8.78. The summed E-state index contributed by atoms with van der Waals surface area (Å²) in [7, 11) is 1.93. The van der Waals surface area contributed by atoms with Crippen LogP contribution in [0.1, 0.15) is 44.5 Å². The first kappa shape index (κ1) is 20.5. The molecule has 0 saturated carbocycles. The lowest BCUT2D eigenvalue weighted by Crippen LogP contribution is -2.45. The maximum Gasteiger partial charge on any atom is 0.192 e. The van der Waals surface area contributed by atoms with Crippen LogP contribution in [-0.4, -0.2) is 27.9 Å². The van der Waals surface area contributed by atoms with Crippen LogP contribution < -0.4 is 15.4 Å². The molecule has 0 bridgehead atoms. The largest absolute Gasteiger partial charge is 0.487 e. The topological polar surface area (TPSA) is 63.5 Å². The van der Waals surface area contributed by atoms with E-state index in [1.54, 1.807) is 6.20 Å². The Hall–Kier alpha value is -1.77. The van der Waals surface area contributed by atoms with E-state index >= 15 is 0 Å². The second kappa shape index (κ2) is 8.75. The maximum atomic E-state index is 6.11. The number of halogens is 1. The highest BCUT2D eigenvalue weighted by molar-refractivity contribution is 14.0. The van der Waals surface area contributed by atoms with E-state index in [0.29, 0.717) is 6.54 Å². The number of hydrogen-bond acceptors (Lipinski definition) is 3. The SMILES string of the molecule is CCNC(=NCc1ccnn1C)NC1CC(C)(C)Oc2ccccc21.I. The van der Waals surface area contributed by atoms with Crippen LogP contribution in [-0.2, 0) is 13.6 Å². The lowest BCUT2D eigenvalue weighted by molar-refractivity contribution is 0.0694. The number of nitrogens with one attached hydrogen (secondary N) is 2. The third kappa shape index (κ3) is 4.90. The van der Waals surface area contributed by atoms with Gasteiger partial charge in [0.1, 0.15) is 11.4 Å². The number of para-hydroxylation sites is 1. The summed E-state index contributed by atoms with van der Waals surface area (Å²) in [6, 6.07) is 10.4. The zero-order chi connectivity index (χ0) is 17.9. The van der Waals surface area contributed by atoms with Gasteiger partial charge in [-0.05, 0) is 32.9 Å². The number of ether oxygens (including phenoxy) is 1. The predicted octanol–water partition coefficient (Wildman–Crippen LogP) is 3.40. The fraction of sp³-hybridized carbons (Fsp3) is 0.474. The number of aryl methyl sites for hydroxylation is 1. The van der Waals surface area contributed by atoms with Gasteiger partial charge in [0.15, 0.2) is 5.96 Å². The van der Waals surface area contributed by atoms with Gasteiger partial charge >= 0.3 is 0 Å². The lowest BCUT2D eigenvalue weighted by Gasteiger charge is -2.38. The van der Waals surface area contributed by atoms with Crippen LogP contribution in [0.4, 0.5) is 0 Å². The van der Waals surface area contributed by atoms with Crippen LogP contribution in [0, 0.1) is 0 Å². The highest BCUT2D eigenvalue weighted by Crippen LogP contribution is 2.39. The molecule has 1 aromatic carbocycles. The minimum atomic E-state index is -0.217. The minimum Gasteiger partial charge on any atom is -0.487 e. The number of aliphatic imine (C=N–C) groups is 1. The molecule has 1 aliphatic rings. The Bertz CT molecular complexity index is 756. The van der Waals surface area contributed by atoms with E-state index in [1.165, 1.54) is 5.56 Å². The van der Waals surface area contributed by atoms with E-state index < -0.39 is 0 Å². The van der Waals surface area contributed by atoms with Crippen LogP contribution in [0.5, 0.6) is 5.75 Å². The van der Waals surface area contributed by atoms with Crippen molar-refractivity contribution in [3.05, 3.63) is 47.8 Å². The highest BCUT2D eigenvalue weighted by atomic mass is 127. The molecule has 1 unspecified atom stereocenters. The molecule has 142 valence electrons. The van der Waals surface area contributed by atoms with E-state index in [2.05, 4.69) is 48.6 Å². The van der Waals surface area contributed by atoms with Gasteiger partial charge in [-0.1, -0.05) is 18.2 Å². The van der Waals surface area contributed by atoms with Crippen molar-refractivity contribution in [2.24, 2.45) is 12.0 Å². The normalized spacial score (nSPS) is 18.3. The van der Waals surface area contributed by atoms with Crippen molar-refractivity contribution in [2.45, 2.75) is 45.4 Å². The summed E-state index contributed by atoms with van der Waals surface area (Å²) >= 11 is 0. The molecule has 0 aliphatic carbocycles. The summed E-state index contributed by atoms with van der Waals surface area (Å²) in [4.78, 5) is 4.72. The minimum absolute atomic E-state index is 0. The lowest BCUT2D eigenvalue weighted by atomic mass is 9.90. The Balaban J connectivity index is 0.00000243. The van der Waals surface area contributed by atoms with Crippen molar-refractivity contribution in [1.82, 2.24) is 20.4 Å². The molecular formula is C19H28IN5O. The fourth-order valence-electron chi connectivity index (χ4n) is 3.13. The molecule has 2 heterocycles. The third-order valence-corrected chi connectivity index (χ3v) is 4.35. The van der Waals surface area contributed by atoms with Crippen molar-refractivity contribution in [3.63, 3.8) is 0 Å². The standard InChI is InChI=1S/C19H27N5O.HI/c1-5-20-18(21-13-14-10-11-22-24(14)4)23-16-12-19(2,3)25-17-9-7-6-8-15(16)17;/h6-11,16H,5,12-13H2,1-4H3,(H2,20,21,23);1H. The summed E-state index contributed by atoms with van der Waals surface area (Å²) in [5.74, 6) is 1.75. The summed E-state index contributed by atoms with van der Waals surface area (Å²) in [6.45, 7) is 7.71. The van der Waals surface area contributed by atoms with Gasteiger partial charge < -0.3 is 15.4 Å². The summed E-state index contributed by atoms with van der Waals surface area (Å²) in [5.41, 5.74) is 2.03. The Labute approximate surface area is 172 Å². The Morgan fingerprint density at radius 2 is 2.12 bits per heavy atom. The van der Waals surface area contributed by atoms with E-state index in [9.17, 15) is 0 Å². The number of fused-ring (bicyclic) bond motifs is 1. The average molecular weight is 469 g/mol. The van der Waals surface area contributed by atoms with Gasteiger partial charge in [0.05, 0.1) is 18.3 Å². The van der Waals surface area contributed by atoms with Gasteiger partial charge in [-0.3, -0.25) is 4.68 Å². The Kier molecular flexibility index (Phi) is 6.91. The number of aromatic nitrogens is 2. The first-order chi connectivity index (χ1) is 12.0. The second-order valence-electron chi connectivity index (χ2n) is 6.94. The van der Waals surface area contributed by atoms with Gasteiger partial charge in [-0.25, -0.2) is 4.99 Å². The molecule has 0 saturated heterocycles. The zero-order valence-electron chi connectivity index (χ0n) is 15.8. The molecule has 0 spiro atoms. The molecule has 1 atom stereocenters. The highest BCUT2D eigenvalue weighted by Gasteiger charge is 2.33. The molecule has 1 aromatic heterocycles. The molecular weight excluding hydrogens is 441 g/mol. The fourth-order valence-corrected chi connectivity index (χ4v) is 3.13. The zero-order valence-corrected chi connectivity index (χ0v) is 18.2.